The van der Waals surface area contributed by atoms with Gasteiger partial charge in [-0.1, -0.05) is 23.7 Å². The highest BCUT2D eigenvalue weighted by Crippen LogP contribution is 2.27. The van der Waals surface area contributed by atoms with E-state index in [4.69, 9.17) is 16.0 Å². The minimum absolute atomic E-state index is 0.0598. The largest absolute Gasteiger partial charge is 0.436 e. The minimum atomic E-state index is -0.569. The maximum atomic E-state index is 12.4. The third-order valence-electron chi connectivity index (χ3n) is 5.06. The van der Waals surface area contributed by atoms with Crippen molar-refractivity contribution in [3.05, 3.63) is 92.0 Å². The van der Waals surface area contributed by atoms with Crippen molar-refractivity contribution in [2.45, 2.75) is 20.4 Å². The number of oxazole rings is 1. The van der Waals surface area contributed by atoms with E-state index in [9.17, 15) is 14.9 Å². The molecule has 156 valence electrons. The van der Waals surface area contributed by atoms with Crippen LogP contribution in [-0.2, 0) is 6.54 Å². The molecule has 7 nitrogen and oxygen atoms in total. The third-order valence-corrected chi connectivity index (χ3v) is 5.39. The van der Waals surface area contributed by atoms with Gasteiger partial charge in [-0.25, -0.2) is 4.98 Å². The summed E-state index contributed by atoms with van der Waals surface area (Å²) < 4.78 is 5.88. The molecule has 0 spiro atoms. The fourth-order valence-corrected chi connectivity index (χ4v) is 3.35. The van der Waals surface area contributed by atoms with Crippen molar-refractivity contribution in [3.8, 4) is 11.5 Å². The SMILES string of the molecule is Cc1cc2nc(-c3ccc(CNC(=O)c4cc([N+](=O)[O-])ccc4Cl)cc3)oc2cc1C. The Labute approximate surface area is 182 Å². The van der Waals surface area contributed by atoms with Crippen molar-refractivity contribution in [1.82, 2.24) is 10.3 Å². The molecule has 8 heteroatoms. The molecule has 0 aliphatic carbocycles. The fourth-order valence-electron chi connectivity index (χ4n) is 3.15. The number of aryl methyl sites for hydroxylation is 2. The Morgan fingerprint density at radius 2 is 1.81 bits per heavy atom. The lowest BCUT2D eigenvalue weighted by Gasteiger charge is -2.07. The van der Waals surface area contributed by atoms with E-state index in [1.807, 2.05) is 50.2 Å². The van der Waals surface area contributed by atoms with E-state index in [2.05, 4.69) is 10.3 Å². The van der Waals surface area contributed by atoms with Crippen molar-refractivity contribution in [2.75, 3.05) is 0 Å². The molecule has 31 heavy (non-hydrogen) atoms. The second-order valence-corrected chi connectivity index (χ2v) is 7.63. The first-order valence-corrected chi connectivity index (χ1v) is 9.89. The minimum Gasteiger partial charge on any atom is -0.436 e. The Bertz CT molecular complexity index is 1270. The number of hydrogen-bond donors (Lipinski definition) is 1. The van der Waals surface area contributed by atoms with Crippen molar-refractivity contribution in [3.63, 3.8) is 0 Å². The van der Waals surface area contributed by atoms with Crippen LogP contribution in [0.5, 0.6) is 0 Å². The van der Waals surface area contributed by atoms with E-state index in [1.54, 1.807) is 0 Å². The molecule has 0 fully saturated rings. The molecule has 0 atom stereocenters. The number of amides is 1. The van der Waals surface area contributed by atoms with Crippen LogP contribution >= 0.6 is 11.6 Å². The topological polar surface area (TPSA) is 98.3 Å². The number of non-ortho nitro benzene ring substituents is 1. The van der Waals surface area contributed by atoms with Gasteiger partial charge in [0.05, 0.1) is 15.5 Å². The van der Waals surface area contributed by atoms with Gasteiger partial charge in [-0.3, -0.25) is 14.9 Å². The predicted molar refractivity (Wildman–Crippen MR) is 118 cm³/mol. The number of aromatic nitrogens is 1. The number of nitro groups is 1. The summed E-state index contributed by atoms with van der Waals surface area (Å²) in [7, 11) is 0. The molecular weight excluding hydrogens is 418 g/mol. The van der Waals surface area contributed by atoms with Crippen LogP contribution in [0, 0.1) is 24.0 Å². The smallest absolute Gasteiger partial charge is 0.270 e. The van der Waals surface area contributed by atoms with Crippen LogP contribution in [-0.4, -0.2) is 15.8 Å². The maximum absolute atomic E-state index is 12.4. The monoisotopic (exact) mass is 435 g/mol. The molecule has 0 radical (unpaired) electrons. The Hall–Kier alpha value is -3.71. The average Bonchev–Trinajstić information content (AvgIpc) is 3.15. The molecule has 4 rings (SSSR count). The molecule has 1 amide bonds. The van der Waals surface area contributed by atoms with Gasteiger partial charge in [-0.15, -0.1) is 0 Å². The molecule has 1 heterocycles. The van der Waals surface area contributed by atoms with Crippen LogP contribution in [0.15, 0.2) is 59.0 Å². The normalized spacial score (nSPS) is 10.9. The number of rotatable bonds is 5. The average molecular weight is 436 g/mol. The lowest BCUT2D eigenvalue weighted by Crippen LogP contribution is -2.23. The molecule has 0 unspecified atom stereocenters. The van der Waals surface area contributed by atoms with Gasteiger partial charge in [0, 0.05) is 24.2 Å². The first kappa shape index (κ1) is 20.6. The van der Waals surface area contributed by atoms with E-state index in [1.165, 1.54) is 12.1 Å². The Balaban J connectivity index is 1.47. The highest BCUT2D eigenvalue weighted by Gasteiger charge is 2.16. The van der Waals surface area contributed by atoms with Gasteiger partial charge < -0.3 is 9.73 Å². The summed E-state index contributed by atoms with van der Waals surface area (Å²) in [4.78, 5) is 27.3. The number of benzene rings is 3. The number of nitrogens with one attached hydrogen (secondary N) is 1. The molecule has 1 aromatic heterocycles. The molecule has 0 saturated carbocycles. The first-order chi connectivity index (χ1) is 14.8. The quantitative estimate of drug-likeness (QED) is 0.325. The van der Waals surface area contributed by atoms with Gasteiger partial charge in [0.2, 0.25) is 5.89 Å². The van der Waals surface area contributed by atoms with Gasteiger partial charge in [0.1, 0.15) is 5.52 Å². The van der Waals surface area contributed by atoms with Gasteiger partial charge in [0.15, 0.2) is 5.58 Å². The van der Waals surface area contributed by atoms with Crippen LogP contribution in [0.1, 0.15) is 27.0 Å². The van der Waals surface area contributed by atoms with Crippen LogP contribution < -0.4 is 5.32 Å². The van der Waals surface area contributed by atoms with Crippen LogP contribution in [0.2, 0.25) is 5.02 Å². The van der Waals surface area contributed by atoms with Gasteiger partial charge in [0.25, 0.3) is 11.6 Å². The number of fused-ring (bicyclic) bond motifs is 1. The third kappa shape index (κ3) is 4.27. The Kier molecular flexibility index (Phi) is 5.44. The second kappa shape index (κ2) is 8.20. The number of nitro benzene ring substituents is 1. The second-order valence-electron chi connectivity index (χ2n) is 7.22. The van der Waals surface area contributed by atoms with Crippen LogP contribution in [0.3, 0.4) is 0 Å². The van der Waals surface area contributed by atoms with Gasteiger partial charge in [-0.2, -0.15) is 0 Å². The molecule has 0 saturated heterocycles. The predicted octanol–water partition coefficient (Wildman–Crippen LogP) is 5.60. The standard InChI is InChI=1S/C23H18ClN3O4/c1-13-9-20-21(10-14(13)2)31-23(26-20)16-5-3-15(4-6-16)12-25-22(28)18-11-17(27(29)30)7-8-19(18)24/h3-11H,12H2,1-2H3,(H,25,28). The summed E-state index contributed by atoms with van der Waals surface area (Å²) in [6, 6.07) is 15.2. The summed E-state index contributed by atoms with van der Waals surface area (Å²) in [5, 5.41) is 13.8. The highest BCUT2D eigenvalue weighted by molar-refractivity contribution is 6.33. The lowest BCUT2D eigenvalue weighted by molar-refractivity contribution is -0.384. The zero-order valence-corrected chi connectivity index (χ0v) is 17.6. The van der Waals surface area contributed by atoms with Crippen molar-refractivity contribution in [1.29, 1.82) is 0 Å². The number of nitrogens with zero attached hydrogens (tertiary/aromatic N) is 2. The molecule has 0 aliphatic heterocycles. The summed E-state index contributed by atoms with van der Waals surface area (Å²) >= 11 is 6.02. The van der Waals surface area contributed by atoms with Crippen molar-refractivity contribution in [2.24, 2.45) is 0 Å². The molecule has 0 bridgehead atoms. The van der Waals surface area contributed by atoms with E-state index >= 15 is 0 Å². The molecule has 4 aromatic rings. The fraction of sp³-hybridized carbons (Fsp3) is 0.130. The molecule has 3 aromatic carbocycles. The number of halogens is 1. The summed E-state index contributed by atoms with van der Waals surface area (Å²) in [5.41, 5.74) is 5.39. The number of hydrogen-bond acceptors (Lipinski definition) is 5. The Morgan fingerprint density at radius 3 is 2.52 bits per heavy atom. The summed E-state index contributed by atoms with van der Waals surface area (Å²) in [6.45, 7) is 4.30. The van der Waals surface area contributed by atoms with Gasteiger partial charge >= 0.3 is 0 Å². The number of carbonyl (C=O) groups is 1. The zero-order valence-electron chi connectivity index (χ0n) is 16.8. The van der Waals surface area contributed by atoms with Crippen molar-refractivity contribution < 1.29 is 14.1 Å². The maximum Gasteiger partial charge on any atom is 0.270 e. The molecule has 0 aliphatic rings. The number of carbonyl (C=O) groups excluding carboxylic acids is 1. The molecular formula is C23H18ClN3O4. The van der Waals surface area contributed by atoms with Crippen LogP contribution in [0.25, 0.3) is 22.6 Å². The van der Waals surface area contributed by atoms with Gasteiger partial charge in [-0.05, 0) is 60.9 Å². The summed E-state index contributed by atoms with van der Waals surface area (Å²) in [6.07, 6.45) is 0. The Morgan fingerprint density at radius 1 is 1.10 bits per heavy atom. The molecule has 1 N–H and O–H groups in total. The lowest BCUT2D eigenvalue weighted by atomic mass is 10.1. The highest BCUT2D eigenvalue weighted by atomic mass is 35.5. The van der Waals surface area contributed by atoms with E-state index in [-0.39, 0.29) is 22.8 Å². The zero-order chi connectivity index (χ0) is 22.1. The summed E-state index contributed by atoms with van der Waals surface area (Å²) in [5.74, 6) is 0.0430. The van der Waals surface area contributed by atoms with E-state index in [0.717, 1.165) is 39.4 Å². The van der Waals surface area contributed by atoms with E-state index in [0.29, 0.717) is 5.89 Å². The van der Waals surface area contributed by atoms with Crippen molar-refractivity contribution >= 4 is 34.3 Å². The first-order valence-electron chi connectivity index (χ1n) is 9.51. The van der Waals surface area contributed by atoms with E-state index < -0.39 is 10.8 Å². The van der Waals surface area contributed by atoms with Crippen LogP contribution in [0.4, 0.5) is 5.69 Å².